The Bertz CT molecular complexity index is 618. The standard InChI is InChI=1S/C11H18N4O3S/c1-4-6-9(19(12,17)18)8(15-14-6)10(16)13-7-5-11(7,2)3/h7H,4-5H2,1-3H3,(H,13,16)(H,14,15)(H2,12,17,18). The lowest BCUT2D eigenvalue weighted by atomic mass is 10.2. The fraction of sp³-hybridized carbons (Fsp3) is 0.636. The van der Waals surface area contributed by atoms with Crippen molar-refractivity contribution >= 4 is 15.9 Å². The van der Waals surface area contributed by atoms with E-state index >= 15 is 0 Å². The first-order valence-corrected chi connectivity index (χ1v) is 7.62. The smallest absolute Gasteiger partial charge is 0.273 e. The van der Waals surface area contributed by atoms with Gasteiger partial charge in [-0.3, -0.25) is 9.89 Å². The van der Waals surface area contributed by atoms with E-state index in [-0.39, 0.29) is 22.0 Å². The van der Waals surface area contributed by atoms with Gasteiger partial charge in [0.25, 0.3) is 5.91 Å². The largest absolute Gasteiger partial charge is 0.347 e. The molecule has 1 amide bonds. The van der Waals surface area contributed by atoms with Crippen molar-refractivity contribution in [2.24, 2.45) is 10.6 Å². The molecule has 1 saturated carbocycles. The zero-order chi connectivity index (χ0) is 14.4. The fourth-order valence-corrected chi connectivity index (χ4v) is 2.95. The van der Waals surface area contributed by atoms with Crippen LogP contribution in [-0.2, 0) is 16.4 Å². The number of sulfonamides is 1. The second-order valence-corrected chi connectivity index (χ2v) is 7.00. The number of aromatic amines is 1. The summed E-state index contributed by atoms with van der Waals surface area (Å²) < 4.78 is 23.1. The van der Waals surface area contributed by atoms with Crippen LogP contribution in [0.2, 0.25) is 0 Å². The van der Waals surface area contributed by atoms with Crippen LogP contribution in [0.5, 0.6) is 0 Å². The highest BCUT2D eigenvalue weighted by atomic mass is 32.2. The lowest BCUT2D eigenvalue weighted by molar-refractivity contribution is 0.0938. The molecule has 1 aliphatic rings. The second kappa shape index (κ2) is 4.31. The molecule has 0 radical (unpaired) electrons. The van der Waals surface area contributed by atoms with Gasteiger partial charge in [0, 0.05) is 6.04 Å². The van der Waals surface area contributed by atoms with Crippen LogP contribution in [-0.4, -0.2) is 30.6 Å². The van der Waals surface area contributed by atoms with Gasteiger partial charge in [0.15, 0.2) is 5.69 Å². The number of carbonyl (C=O) groups excluding carboxylic acids is 1. The minimum absolute atomic E-state index is 0.0510. The van der Waals surface area contributed by atoms with E-state index in [1.54, 1.807) is 6.92 Å². The average molecular weight is 286 g/mol. The minimum Gasteiger partial charge on any atom is -0.347 e. The number of primary sulfonamides is 1. The summed E-state index contributed by atoms with van der Waals surface area (Å²) >= 11 is 0. The van der Waals surface area contributed by atoms with Gasteiger partial charge in [-0.15, -0.1) is 0 Å². The van der Waals surface area contributed by atoms with Crippen LogP contribution in [0.15, 0.2) is 4.90 Å². The number of H-pyrrole nitrogens is 1. The molecule has 0 spiro atoms. The molecular formula is C11H18N4O3S. The van der Waals surface area contributed by atoms with Crippen molar-refractivity contribution < 1.29 is 13.2 Å². The number of nitrogens with two attached hydrogens (primary N) is 1. The number of amides is 1. The summed E-state index contributed by atoms with van der Waals surface area (Å²) in [4.78, 5) is 11.9. The Balaban J connectivity index is 2.30. The first-order chi connectivity index (χ1) is 8.66. The van der Waals surface area contributed by atoms with Gasteiger partial charge in [-0.05, 0) is 18.3 Å². The molecule has 1 aromatic heterocycles. The van der Waals surface area contributed by atoms with E-state index in [1.807, 2.05) is 13.8 Å². The van der Waals surface area contributed by atoms with Gasteiger partial charge in [-0.1, -0.05) is 20.8 Å². The maximum absolute atomic E-state index is 12.1. The lowest BCUT2D eigenvalue weighted by Gasteiger charge is -2.06. The third-order valence-corrected chi connectivity index (χ3v) is 4.47. The summed E-state index contributed by atoms with van der Waals surface area (Å²) in [6.45, 7) is 5.81. The summed E-state index contributed by atoms with van der Waals surface area (Å²) in [5, 5.41) is 14.3. The molecule has 0 aromatic carbocycles. The van der Waals surface area contributed by atoms with E-state index in [0.717, 1.165) is 6.42 Å². The average Bonchev–Trinajstić information content (AvgIpc) is 2.75. The summed E-state index contributed by atoms with van der Waals surface area (Å²) in [5.74, 6) is -0.504. The Hall–Kier alpha value is -1.41. The van der Waals surface area contributed by atoms with Gasteiger partial charge >= 0.3 is 0 Å². The number of nitrogens with zero attached hydrogens (tertiary/aromatic N) is 1. The molecule has 4 N–H and O–H groups in total. The normalized spacial score (nSPS) is 21.2. The number of rotatable bonds is 4. The van der Waals surface area contributed by atoms with Crippen LogP contribution in [0.1, 0.15) is 43.4 Å². The predicted octanol–water partition coefficient (Wildman–Crippen LogP) is 0.148. The zero-order valence-corrected chi connectivity index (χ0v) is 12.0. The Morgan fingerprint density at radius 2 is 2.16 bits per heavy atom. The van der Waals surface area contributed by atoms with E-state index in [1.165, 1.54) is 0 Å². The Morgan fingerprint density at radius 3 is 2.58 bits per heavy atom. The molecule has 1 aliphatic carbocycles. The highest BCUT2D eigenvalue weighted by Crippen LogP contribution is 2.44. The van der Waals surface area contributed by atoms with Crippen molar-refractivity contribution in [2.45, 2.75) is 44.6 Å². The number of aryl methyl sites for hydroxylation is 1. The van der Waals surface area contributed by atoms with Crippen molar-refractivity contribution in [1.82, 2.24) is 15.5 Å². The van der Waals surface area contributed by atoms with Crippen molar-refractivity contribution in [2.75, 3.05) is 0 Å². The molecule has 1 aromatic rings. The topological polar surface area (TPSA) is 118 Å². The molecule has 1 fully saturated rings. The minimum atomic E-state index is -3.98. The van der Waals surface area contributed by atoms with Crippen LogP contribution in [0.3, 0.4) is 0 Å². The highest BCUT2D eigenvalue weighted by Gasteiger charge is 2.47. The molecule has 1 unspecified atom stereocenters. The maximum Gasteiger partial charge on any atom is 0.273 e. The molecule has 0 aliphatic heterocycles. The van der Waals surface area contributed by atoms with Crippen LogP contribution in [0.4, 0.5) is 0 Å². The quantitative estimate of drug-likeness (QED) is 0.730. The predicted molar refractivity (Wildman–Crippen MR) is 69.0 cm³/mol. The van der Waals surface area contributed by atoms with Gasteiger partial charge < -0.3 is 5.32 Å². The van der Waals surface area contributed by atoms with Gasteiger partial charge in [-0.25, -0.2) is 13.6 Å². The Morgan fingerprint density at radius 1 is 1.58 bits per heavy atom. The van der Waals surface area contributed by atoms with Crippen molar-refractivity contribution in [3.8, 4) is 0 Å². The van der Waals surface area contributed by atoms with Crippen LogP contribution < -0.4 is 10.5 Å². The molecule has 8 heteroatoms. The highest BCUT2D eigenvalue weighted by molar-refractivity contribution is 7.89. The summed E-state index contributed by atoms with van der Waals surface area (Å²) in [6.07, 6.45) is 1.27. The Labute approximate surface area is 112 Å². The molecule has 0 saturated heterocycles. The molecule has 2 rings (SSSR count). The van der Waals surface area contributed by atoms with Crippen molar-refractivity contribution in [3.05, 3.63) is 11.4 Å². The van der Waals surface area contributed by atoms with E-state index in [9.17, 15) is 13.2 Å². The first-order valence-electron chi connectivity index (χ1n) is 6.07. The molecule has 7 nitrogen and oxygen atoms in total. The van der Waals surface area contributed by atoms with E-state index < -0.39 is 15.9 Å². The first kappa shape index (κ1) is 14.0. The number of hydrogen-bond acceptors (Lipinski definition) is 4. The number of hydrogen-bond donors (Lipinski definition) is 3. The SMILES string of the molecule is CCc1[nH]nc(C(=O)NC2CC2(C)C)c1S(N)(=O)=O. The van der Waals surface area contributed by atoms with Gasteiger partial charge in [0.1, 0.15) is 4.90 Å². The van der Waals surface area contributed by atoms with Crippen molar-refractivity contribution in [1.29, 1.82) is 0 Å². The number of aromatic nitrogens is 2. The van der Waals surface area contributed by atoms with Gasteiger partial charge in [-0.2, -0.15) is 5.10 Å². The Kier molecular flexibility index (Phi) is 3.18. The maximum atomic E-state index is 12.1. The molecule has 0 bridgehead atoms. The van der Waals surface area contributed by atoms with Crippen LogP contribution in [0.25, 0.3) is 0 Å². The molecule has 1 heterocycles. The molecule has 19 heavy (non-hydrogen) atoms. The van der Waals surface area contributed by atoms with Crippen LogP contribution >= 0.6 is 0 Å². The van der Waals surface area contributed by atoms with E-state index in [4.69, 9.17) is 5.14 Å². The third kappa shape index (κ3) is 2.64. The molecule has 1 atom stereocenters. The third-order valence-electron chi connectivity index (χ3n) is 3.46. The van der Waals surface area contributed by atoms with Crippen LogP contribution in [0, 0.1) is 5.41 Å². The number of carbonyl (C=O) groups is 1. The summed E-state index contributed by atoms with van der Waals surface area (Å²) in [7, 11) is -3.98. The van der Waals surface area contributed by atoms with Gasteiger partial charge in [0.05, 0.1) is 5.69 Å². The second-order valence-electron chi connectivity index (χ2n) is 5.50. The zero-order valence-electron chi connectivity index (χ0n) is 11.1. The van der Waals surface area contributed by atoms with E-state index in [2.05, 4.69) is 15.5 Å². The molecular weight excluding hydrogens is 268 g/mol. The fourth-order valence-electron chi connectivity index (χ4n) is 2.01. The van der Waals surface area contributed by atoms with Gasteiger partial charge in [0.2, 0.25) is 10.0 Å². The monoisotopic (exact) mass is 286 g/mol. The number of nitrogens with one attached hydrogen (secondary N) is 2. The van der Waals surface area contributed by atoms with Crippen molar-refractivity contribution in [3.63, 3.8) is 0 Å². The summed E-state index contributed by atoms with van der Waals surface area (Å²) in [6, 6.07) is 0.0510. The summed E-state index contributed by atoms with van der Waals surface area (Å²) in [5.41, 5.74) is 0.256. The van der Waals surface area contributed by atoms with E-state index in [0.29, 0.717) is 12.1 Å². The molecule has 106 valence electrons. The lowest BCUT2D eigenvalue weighted by Crippen LogP contribution is -2.30.